The molecule has 1 aromatic heterocycles. The molecule has 1 saturated carbocycles. The normalized spacial score (nSPS) is 18.3. The van der Waals surface area contributed by atoms with Gasteiger partial charge in [0, 0.05) is 24.6 Å². The van der Waals surface area contributed by atoms with Gasteiger partial charge >= 0.3 is 6.16 Å². The van der Waals surface area contributed by atoms with Crippen molar-refractivity contribution in [3.63, 3.8) is 0 Å². The second-order valence-electron chi connectivity index (χ2n) is 8.62. The van der Waals surface area contributed by atoms with E-state index in [1.807, 2.05) is 13.8 Å². The Balaban J connectivity index is 1.95. The lowest BCUT2D eigenvalue weighted by molar-refractivity contribution is -0.124. The molecule has 172 valence electrons. The fraction of sp³-hybridized carbons (Fsp3) is 0.478. The molecular weight excluding hydrogens is 412 g/mol. The minimum atomic E-state index is -1.48. The number of carbonyl (C=O) groups is 3. The summed E-state index contributed by atoms with van der Waals surface area (Å²) in [6.45, 7) is 7.36. The van der Waals surface area contributed by atoms with Gasteiger partial charge in [-0.25, -0.2) is 9.48 Å². The van der Waals surface area contributed by atoms with Crippen LogP contribution in [0.3, 0.4) is 0 Å². The summed E-state index contributed by atoms with van der Waals surface area (Å²) >= 11 is 0. The molecule has 2 aromatic rings. The molecule has 1 heterocycles. The van der Waals surface area contributed by atoms with Crippen LogP contribution in [0.1, 0.15) is 53.4 Å². The molecule has 0 spiro atoms. The topological polar surface area (TPSA) is 114 Å². The van der Waals surface area contributed by atoms with Crippen LogP contribution in [0.2, 0.25) is 0 Å². The monoisotopic (exact) mass is 442 g/mol. The summed E-state index contributed by atoms with van der Waals surface area (Å²) in [6.07, 6.45) is 3.58. The third-order valence-corrected chi connectivity index (χ3v) is 5.66. The fourth-order valence-corrected chi connectivity index (χ4v) is 4.02. The summed E-state index contributed by atoms with van der Waals surface area (Å²) in [4.78, 5) is 37.5. The molecule has 0 saturated heterocycles. The summed E-state index contributed by atoms with van der Waals surface area (Å²) in [5, 5.41) is 16.4. The molecule has 1 aliphatic rings. The van der Waals surface area contributed by atoms with E-state index in [-0.39, 0.29) is 35.3 Å². The summed E-state index contributed by atoms with van der Waals surface area (Å²) in [5.74, 6) is 0.421. The van der Waals surface area contributed by atoms with Crippen molar-refractivity contribution >= 4 is 29.5 Å². The lowest BCUT2D eigenvalue weighted by Gasteiger charge is -2.32. The number of hydrogen-bond acceptors (Lipinski definition) is 5. The van der Waals surface area contributed by atoms with Gasteiger partial charge in [-0.15, -0.1) is 5.10 Å². The van der Waals surface area contributed by atoms with Crippen molar-refractivity contribution in [2.45, 2.75) is 59.4 Å². The largest absolute Gasteiger partial charge is 0.511 e. The highest BCUT2D eigenvalue weighted by molar-refractivity contribution is 5.96. The van der Waals surface area contributed by atoms with Crippen LogP contribution in [-0.2, 0) is 9.59 Å². The van der Waals surface area contributed by atoms with Crippen LogP contribution in [0.5, 0.6) is 5.75 Å². The smallest absolute Gasteiger partial charge is 0.449 e. The molecule has 3 rings (SSSR count). The highest BCUT2D eigenvalue weighted by atomic mass is 16.7. The van der Waals surface area contributed by atoms with E-state index < -0.39 is 6.16 Å². The zero-order valence-corrected chi connectivity index (χ0v) is 18.9. The lowest BCUT2D eigenvalue weighted by atomic mass is 9.82. The molecule has 2 amide bonds. The Bertz CT molecular complexity index is 975. The average Bonchev–Trinajstić information content (AvgIpc) is 3.11. The molecule has 2 N–H and O–H groups in total. The zero-order chi connectivity index (χ0) is 23.4. The molecule has 0 unspecified atom stereocenters. The molecule has 9 nitrogen and oxygen atoms in total. The van der Waals surface area contributed by atoms with Gasteiger partial charge in [-0.3, -0.25) is 14.5 Å². The van der Waals surface area contributed by atoms with Crippen molar-refractivity contribution in [3.8, 4) is 11.4 Å². The van der Waals surface area contributed by atoms with Crippen LogP contribution in [0.25, 0.3) is 5.69 Å². The van der Waals surface area contributed by atoms with Crippen LogP contribution in [0.4, 0.5) is 16.3 Å². The summed E-state index contributed by atoms with van der Waals surface area (Å²) in [6, 6.07) is 6.66. The number of carboxylic acid groups (broad SMARTS) is 1. The van der Waals surface area contributed by atoms with Gasteiger partial charge in [0.05, 0.1) is 11.9 Å². The van der Waals surface area contributed by atoms with E-state index in [2.05, 4.69) is 17.3 Å². The molecule has 0 atom stereocenters. The van der Waals surface area contributed by atoms with Gasteiger partial charge in [-0.1, -0.05) is 6.92 Å². The summed E-state index contributed by atoms with van der Waals surface area (Å²) in [5.41, 5.74) is 1.25. The lowest BCUT2D eigenvalue weighted by Crippen LogP contribution is -2.42. The third kappa shape index (κ3) is 5.46. The Hall–Kier alpha value is -3.36. The Morgan fingerprint density at radius 1 is 1.16 bits per heavy atom. The number of rotatable bonds is 6. The number of anilines is 2. The SMILES string of the molecule is CC(=O)Nc1ccc(-n2cc(OC(=O)O)c(N(C(=O)[C@H]3CC[C@H](C)CC3)C(C)C)n2)cc1. The van der Waals surface area contributed by atoms with E-state index in [4.69, 9.17) is 4.74 Å². The first-order valence-electron chi connectivity index (χ1n) is 10.9. The number of hydrogen-bond donors (Lipinski definition) is 2. The Kier molecular flexibility index (Phi) is 7.17. The number of ether oxygens (including phenoxy) is 1. The average molecular weight is 443 g/mol. The van der Waals surface area contributed by atoms with E-state index in [0.717, 1.165) is 25.7 Å². The standard InChI is InChI=1S/C23H30N4O5/c1-14(2)27(22(29)17-7-5-15(3)6-8-17)21-20(32-23(30)31)13-26(25-21)19-11-9-18(10-12-19)24-16(4)28/h9-15,17H,5-8H2,1-4H3,(H,24,28)(H,30,31)/t15-,17-. The maximum Gasteiger partial charge on any atom is 0.511 e. The van der Waals surface area contributed by atoms with Crippen molar-refractivity contribution in [3.05, 3.63) is 30.5 Å². The van der Waals surface area contributed by atoms with Crippen molar-refractivity contribution in [2.75, 3.05) is 10.2 Å². The van der Waals surface area contributed by atoms with E-state index in [9.17, 15) is 19.5 Å². The molecule has 1 aliphatic carbocycles. The molecule has 1 fully saturated rings. The maximum atomic E-state index is 13.4. The van der Waals surface area contributed by atoms with Crippen molar-refractivity contribution in [1.29, 1.82) is 0 Å². The van der Waals surface area contributed by atoms with Crippen LogP contribution in [0.15, 0.2) is 30.5 Å². The molecule has 0 radical (unpaired) electrons. The van der Waals surface area contributed by atoms with Gasteiger partial charge in [0.25, 0.3) is 0 Å². The van der Waals surface area contributed by atoms with Crippen LogP contribution in [-0.4, -0.2) is 38.9 Å². The number of amides is 2. The van der Waals surface area contributed by atoms with E-state index in [0.29, 0.717) is 17.3 Å². The maximum absolute atomic E-state index is 13.4. The first kappa shape index (κ1) is 23.3. The zero-order valence-electron chi connectivity index (χ0n) is 18.9. The van der Waals surface area contributed by atoms with Crippen molar-refractivity contribution < 1.29 is 24.2 Å². The molecule has 0 bridgehead atoms. The predicted octanol–water partition coefficient (Wildman–Crippen LogP) is 4.46. The molecule has 1 aromatic carbocycles. The van der Waals surface area contributed by atoms with Crippen molar-refractivity contribution in [2.24, 2.45) is 11.8 Å². The van der Waals surface area contributed by atoms with Crippen LogP contribution in [0, 0.1) is 11.8 Å². The number of nitrogens with zero attached hydrogens (tertiary/aromatic N) is 3. The third-order valence-electron chi connectivity index (χ3n) is 5.66. The molecular formula is C23H30N4O5. The molecule has 32 heavy (non-hydrogen) atoms. The number of aromatic nitrogens is 2. The minimum absolute atomic E-state index is 0.00494. The van der Waals surface area contributed by atoms with Gasteiger partial charge in [0.2, 0.25) is 17.6 Å². The second kappa shape index (κ2) is 9.84. The number of nitrogens with one attached hydrogen (secondary N) is 1. The van der Waals surface area contributed by atoms with Crippen LogP contribution < -0.4 is 15.0 Å². The first-order valence-corrected chi connectivity index (χ1v) is 10.9. The molecule has 0 aliphatic heterocycles. The van der Waals surface area contributed by atoms with Gasteiger partial charge in [0.15, 0.2) is 5.75 Å². The van der Waals surface area contributed by atoms with Crippen LogP contribution >= 0.6 is 0 Å². The number of benzene rings is 1. The number of carbonyl (C=O) groups excluding carboxylic acids is 2. The van der Waals surface area contributed by atoms with E-state index in [1.54, 1.807) is 29.2 Å². The Morgan fingerprint density at radius 3 is 2.31 bits per heavy atom. The first-order chi connectivity index (χ1) is 15.2. The van der Waals surface area contributed by atoms with Gasteiger partial charge in [-0.2, -0.15) is 0 Å². The van der Waals surface area contributed by atoms with Crippen molar-refractivity contribution in [1.82, 2.24) is 9.78 Å². The van der Waals surface area contributed by atoms with E-state index in [1.165, 1.54) is 17.8 Å². The highest BCUT2D eigenvalue weighted by Gasteiger charge is 2.34. The predicted molar refractivity (Wildman–Crippen MR) is 120 cm³/mol. The fourth-order valence-electron chi connectivity index (χ4n) is 4.02. The summed E-state index contributed by atoms with van der Waals surface area (Å²) < 4.78 is 6.46. The van der Waals surface area contributed by atoms with Gasteiger partial charge < -0.3 is 15.2 Å². The van der Waals surface area contributed by atoms with Gasteiger partial charge in [0.1, 0.15) is 0 Å². The quantitative estimate of drug-likeness (QED) is 0.639. The minimum Gasteiger partial charge on any atom is -0.449 e. The highest BCUT2D eigenvalue weighted by Crippen LogP contribution is 2.35. The molecule has 9 heteroatoms. The van der Waals surface area contributed by atoms with E-state index >= 15 is 0 Å². The second-order valence-corrected chi connectivity index (χ2v) is 8.62. The summed E-state index contributed by atoms with van der Waals surface area (Å²) in [7, 11) is 0. The van der Waals surface area contributed by atoms with Gasteiger partial charge in [-0.05, 0) is 69.7 Å². The Labute approximate surface area is 187 Å². The Morgan fingerprint density at radius 2 is 1.78 bits per heavy atom.